The number of carbonyl (C=O) groups is 2. The van der Waals surface area contributed by atoms with Crippen LogP contribution in [0.2, 0.25) is 0 Å². The molecule has 8 heteroatoms. The Morgan fingerprint density at radius 2 is 1.95 bits per heavy atom. The number of amides is 2. The van der Waals surface area contributed by atoms with Crippen molar-refractivity contribution in [1.82, 2.24) is 15.3 Å². The van der Waals surface area contributed by atoms with Crippen LogP contribution in [0.1, 0.15) is 24.7 Å². The zero-order valence-corrected chi connectivity index (χ0v) is 11.6. The minimum absolute atomic E-state index is 0.0964. The van der Waals surface area contributed by atoms with Gasteiger partial charge >= 0.3 is 0 Å². The van der Waals surface area contributed by atoms with E-state index in [0.29, 0.717) is 23.9 Å². The van der Waals surface area contributed by atoms with Gasteiger partial charge in [0.25, 0.3) is 0 Å². The molecule has 0 atom stereocenters. The van der Waals surface area contributed by atoms with E-state index in [1.807, 2.05) is 6.92 Å². The van der Waals surface area contributed by atoms with E-state index in [-0.39, 0.29) is 24.9 Å². The Hall–Kier alpha value is -2.22. The summed E-state index contributed by atoms with van der Waals surface area (Å²) in [6, 6.07) is 0. The van der Waals surface area contributed by atoms with Crippen LogP contribution in [0.3, 0.4) is 0 Å². The lowest BCUT2D eigenvalue weighted by Crippen LogP contribution is -2.52. The van der Waals surface area contributed by atoms with Crippen LogP contribution in [-0.2, 0) is 16.0 Å². The summed E-state index contributed by atoms with van der Waals surface area (Å²) in [6.45, 7) is 4.02. The summed E-state index contributed by atoms with van der Waals surface area (Å²) in [4.78, 5) is 33.4. The van der Waals surface area contributed by atoms with Gasteiger partial charge in [0.15, 0.2) is 0 Å². The topological polar surface area (TPSA) is 113 Å². The number of nitrogens with zero attached hydrogens (tertiary/aromatic N) is 3. The third kappa shape index (κ3) is 2.85. The molecule has 0 unspecified atom stereocenters. The van der Waals surface area contributed by atoms with Crippen LogP contribution in [0, 0.1) is 6.92 Å². The average molecular weight is 278 g/mol. The Morgan fingerprint density at radius 1 is 1.30 bits per heavy atom. The van der Waals surface area contributed by atoms with Gasteiger partial charge in [-0.1, -0.05) is 6.92 Å². The van der Waals surface area contributed by atoms with E-state index in [2.05, 4.69) is 20.7 Å². The number of anilines is 2. The molecule has 1 fully saturated rings. The van der Waals surface area contributed by atoms with Crippen molar-refractivity contribution in [1.29, 1.82) is 0 Å². The van der Waals surface area contributed by atoms with Gasteiger partial charge in [0.05, 0.1) is 13.1 Å². The first-order valence-corrected chi connectivity index (χ1v) is 6.47. The number of carbonyl (C=O) groups excluding carboxylic acids is 2. The van der Waals surface area contributed by atoms with Gasteiger partial charge in [0, 0.05) is 12.0 Å². The third-order valence-corrected chi connectivity index (χ3v) is 3.02. The SMILES string of the molecule is CCCc1nc(NN)c(C)c(N2CC(=O)NC(=O)C2)n1. The fourth-order valence-corrected chi connectivity index (χ4v) is 2.12. The molecule has 0 aliphatic carbocycles. The van der Waals surface area contributed by atoms with Crippen molar-refractivity contribution in [2.75, 3.05) is 23.4 Å². The maximum atomic E-state index is 11.5. The number of rotatable bonds is 4. The number of nitrogens with two attached hydrogens (primary N) is 1. The predicted octanol–water partition coefficient (Wildman–Crippen LogP) is -0.514. The highest BCUT2D eigenvalue weighted by Crippen LogP contribution is 2.24. The first-order valence-electron chi connectivity index (χ1n) is 6.47. The Morgan fingerprint density at radius 3 is 2.50 bits per heavy atom. The highest BCUT2D eigenvalue weighted by Gasteiger charge is 2.26. The Labute approximate surface area is 116 Å². The fraction of sp³-hybridized carbons (Fsp3) is 0.500. The molecule has 0 radical (unpaired) electrons. The molecular formula is C12H18N6O2. The van der Waals surface area contributed by atoms with Gasteiger partial charge in [-0.2, -0.15) is 0 Å². The summed E-state index contributed by atoms with van der Waals surface area (Å²) in [5, 5.41) is 2.26. The molecule has 8 nitrogen and oxygen atoms in total. The summed E-state index contributed by atoms with van der Waals surface area (Å²) in [5.74, 6) is 6.51. The Bertz CT molecular complexity index is 529. The quantitative estimate of drug-likeness (QED) is 0.386. The van der Waals surface area contributed by atoms with Gasteiger partial charge in [-0.3, -0.25) is 14.9 Å². The van der Waals surface area contributed by atoms with Gasteiger partial charge < -0.3 is 10.3 Å². The van der Waals surface area contributed by atoms with Crippen LogP contribution in [0.5, 0.6) is 0 Å². The lowest BCUT2D eigenvalue weighted by molar-refractivity contribution is -0.130. The van der Waals surface area contributed by atoms with E-state index in [0.717, 1.165) is 12.0 Å². The molecule has 1 saturated heterocycles. The second-order valence-electron chi connectivity index (χ2n) is 4.66. The highest BCUT2D eigenvalue weighted by molar-refractivity contribution is 6.02. The second-order valence-corrected chi connectivity index (χ2v) is 4.66. The van der Waals surface area contributed by atoms with Crippen LogP contribution in [0.15, 0.2) is 0 Å². The summed E-state index contributed by atoms with van der Waals surface area (Å²) in [6.07, 6.45) is 1.60. The molecule has 20 heavy (non-hydrogen) atoms. The first kappa shape index (κ1) is 14.2. The first-order chi connectivity index (χ1) is 9.55. The molecule has 108 valence electrons. The average Bonchev–Trinajstić information content (AvgIpc) is 2.39. The van der Waals surface area contributed by atoms with Gasteiger partial charge in [-0.15, -0.1) is 0 Å². The molecule has 2 heterocycles. The lowest BCUT2D eigenvalue weighted by Gasteiger charge is -2.28. The van der Waals surface area contributed by atoms with Crippen molar-refractivity contribution in [2.24, 2.45) is 5.84 Å². The minimum atomic E-state index is -0.335. The van der Waals surface area contributed by atoms with Crippen molar-refractivity contribution in [2.45, 2.75) is 26.7 Å². The summed E-state index contributed by atoms with van der Waals surface area (Å²) in [5.41, 5.74) is 3.25. The van der Waals surface area contributed by atoms with E-state index in [4.69, 9.17) is 5.84 Å². The van der Waals surface area contributed by atoms with Crippen molar-refractivity contribution in [3.63, 3.8) is 0 Å². The molecule has 4 N–H and O–H groups in total. The number of piperazine rings is 1. The molecular weight excluding hydrogens is 260 g/mol. The van der Waals surface area contributed by atoms with E-state index in [9.17, 15) is 9.59 Å². The smallest absolute Gasteiger partial charge is 0.246 e. The van der Waals surface area contributed by atoms with Gasteiger partial charge in [-0.25, -0.2) is 15.8 Å². The maximum Gasteiger partial charge on any atom is 0.246 e. The van der Waals surface area contributed by atoms with Crippen molar-refractivity contribution >= 4 is 23.5 Å². The Balaban J connectivity index is 2.40. The summed E-state index contributed by atoms with van der Waals surface area (Å²) < 4.78 is 0. The second kappa shape index (κ2) is 5.83. The molecule has 2 amide bonds. The van der Waals surface area contributed by atoms with Crippen LogP contribution in [0.25, 0.3) is 0 Å². The van der Waals surface area contributed by atoms with Gasteiger partial charge in [-0.05, 0) is 13.3 Å². The lowest BCUT2D eigenvalue weighted by atomic mass is 10.2. The molecule has 0 aromatic carbocycles. The van der Waals surface area contributed by atoms with Crippen molar-refractivity contribution in [3.8, 4) is 0 Å². The van der Waals surface area contributed by atoms with E-state index in [1.165, 1.54) is 0 Å². The molecule has 1 aliphatic rings. The summed E-state index contributed by atoms with van der Waals surface area (Å²) in [7, 11) is 0. The fourth-order valence-electron chi connectivity index (χ4n) is 2.12. The zero-order valence-electron chi connectivity index (χ0n) is 11.6. The van der Waals surface area contributed by atoms with E-state index >= 15 is 0 Å². The number of hydrogen-bond acceptors (Lipinski definition) is 7. The number of aromatic nitrogens is 2. The van der Waals surface area contributed by atoms with Crippen molar-refractivity contribution < 1.29 is 9.59 Å². The molecule has 1 aromatic rings. The van der Waals surface area contributed by atoms with Gasteiger partial charge in [0.2, 0.25) is 11.8 Å². The zero-order chi connectivity index (χ0) is 14.7. The normalized spacial score (nSPS) is 15.2. The number of aryl methyl sites for hydroxylation is 1. The number of hydrazine groups is 1. The van der Waals surface area contributed by atoms with E-state index in [1.54, 1.807) is 11.8 Å². The number of nitrogen functional groups attached to an aromatic ring is 1. The van der Waals surface area contributed by atoms with Crippen LogP contribution in [0.4, 0.5) is 11.6 Å². The van der Waals surface area contributed by atoms with Crippen LogP contribution >= 0.6 is 0 Å². The number of hydrogen-bond donors (Lipinski definition) is 3. The number of imide groups is 1. The third-order valence-electron chi connectivity index (χ3n) is 3.02. The minimum Gasteiger partial charge on any atom is -0.338 e. The van der Waals surface area contributed by atoms with Crippen LogP contribution in [-0.4, -0.2) is 34.9 Å². The predicted molar refractivity (Wildman–Crippen MR) is 73.9 cm³/mol. The highest BCUT2D eigenvalue weighted by atomic mass is 16.2. The van der Waals surface area contributed by atoms with Crippen LogP contribution < -0.4 is 21.5 Å². The molecule has 1 aliphatic heterocycles. The van der Waals surface area contributed by atoms with Crippen molar-refractivity contribution in [3.05, 3.63) is 11.4 Å². The number of nitrogens with one attached hydrogen (secondary N) is 2. The van der Waals surface area contributed by atoms with Gasteiger partial charge in [0.1, 0.15) is 17.5 Å². The standard InChI is InChI=1S/C12H18N6O2/c1-3-4-8-14-11(17-13)7(2)12(15-8)18-5-9(19)16-10(20)6-18/h3-6,13H2,1-2H3,(H,14,15,17)(H,16,19,20). The maximum absolute atomic E-state index is 11.5. The Kier molecular flexibility index (Phi) is 4.14. The molecule has 0 bridgehead atoms. The summed E-state index contributed by atoms with van der Waals surface area (Å²) >= 11 is 0. The molecule has 2 rings (SSSR count). The largest absolute Gasteiger partial charge is 0.338 e. The molecule has 0 spiro atoms. The molecule has 0 saturated carbocycles. The monoisotopic (exact) mass is 278 g/mol. The molecule has 1 aromatic heterocycles. The van der Waals surface area contributed by atoms with E-state index < -0.39 is 0 Å².